The SMILES string of the molecule is CC1CN(C(=O)c2ccc3c(c2)OCO3)C(C)(C)CO1. The van der Waals surface area contributed by atoms with E-state index in [0.29, 0.717) is 30.2 Å². The molecule has 5 nitrogen and oxygen atoms in total. The van der Waals surface area contributed by atoms with Crippen molar-refractivity contribution in [1.82, 2.24) is 4.90 Å². The number of hydrogen-bond acceptors (Lipinski definition) is 4. The molecule has 2 aliphatic heterocycles. The van der Waals surface area contributed by atoms with Crippen LogP contribution in [0.15, 0.2) is 18.2 Å². The summed E-state index contributed by atoms with van der Waals surface area (Å²) in [7, 11) is 0. The number of amides is 1. The van der Waals surface area contributed by atoms with Gasteiger partial charge in [-0.25, -0.2) is 0 Å². The largest absolute Gasteiger partial charge is 0.454 e. The Labute approximate surface area is 118 Å². The number of fused-ring (bicyclic) bond motifs is 1. The van der Waals surface area contributed by atoms with E-state index in [4.69, 9.17) is 14.2 Å². The molecule has 20 heavy (non-hydrogen) atoms. The molecule has 1 atom stereocenters. The molecule has 1 unspecified atom stereocenters. The van der Waals surface area contributed by atoms with E-state index < -0.39 is 0 Å². The zero-order chi connectivity index (χ0) is 14.3. The highest BCUT2D eigenvalue weighted by atomic mass is 16.7. The summed E-state index contributed by atoms with van der Waals surface area (Å²) in [5.74, 6) is 1.33. The lowest BCUT2D eigenvalue weighted by Crippen LogP contribution is -2.57. The van der Waals surface area contributed by atoms with E-state index in [2.05, 4.69) is 0 Å². The Morgan fingerprint density at radius 3 is 2.85 bits per heavy atom. The van der Waals surface area contributed by atoms with Crippen LogP contribution in [0.4, 0.5) is 0 Å². The Kier molecular flexibility index (Phi) is 3.09. The molecular weight excluding hydrogens is 258 g/mol. The molecule has 1 saturated heterocycles. The second-order valence-electron chi connectivity index (χ2n) is 5.92. The van der Waals surface area contributed by atoms with Crippen LogP contribution in [0, 0.1) is 0 Å². The normalized spacial score (nSPS) is 23.8. The Bertz CT molecular complexity index is 541. The smallest absolute Gasteiger partial charge is 0.254 e. The molecule has 0 aromatic heterocycles. The molecule has 3 rings (SSSR count). The van der Waals surface area contributed by atoms with Crippen LogP contribution in [0.1, 0.15) is 31.1 Å². The van der Waals surface area contributed by atoms with E-state index >= 15 is 0 Å². The maximum Gasteiger partial charge on any atom is 0.254 e. The van der Waals surface area contributed by atoms with Gasteiger partial charge in [0.2, 0.25) is 6.79 Å². The van der Waals surface area contributed by atoms with Gasteiger partial charge in [0.1, 0.15) is 0 Å². The van der Waals surface area contributed by atoms with E-state index in [1.54, 1.807) is 18.2 Å². The van der Waals surface area contributed by atoms with Gasteiger partial charge in [-0.15, -0.1) is 0 Å². The fraction of sp³-hybridized carbons (Fsp3) is 0.533. The zero-order valence-electron chi connectivity index (χ0n) is 12.0. The van der Waals surface area contributed by atoms with E-state index in [9.17, 15) is 4.79 Å². The van der Waals surface area contributed by atoms with E-state index in [1.807, 2.05) is 25.7 Å². The molecule has 108 valence electrons. The van der Waals surface area contributed by atoms with E-state index in [1.165, 1.54) is 0 Å². The molecule has 1 aromatic rings. The maximum absolute atomic E-state index is 12.7. The average Bonchev–Trinajstić information content (AvgIpc) is 2.88. The van der Waals surface area contributed by atoms with Crippen molar-refractivity contribution in [3.63, 3.8) is 0 Å². The molecule has 0 bridgehead atoms. The molecule has 1 fully saturated rings. The third-order valence-electron chi connectivity index (χ3n) is 3.76. The minimum absolute atomic E-state index is 0.00319. The monoisotopic (exact) mass is 277 g/mol. The van der Waals surface area contributed by atoms with Crippen molar-refractivity contribution in [3.8, 4) is 11.5 Å². The van der Waals surface area contributed by atoms with Gasteiger partial charge in [0.05, 0.1) is 18.2 Å². The Morgan fingerprint density at radius 1 is 1.30 bits per heavy atom. The van der Waals surface area contributed by atoms with Crippen LogP contribution in [-0.4, -0.2) is 42.4 Å². The first-order chi connectivity index (χ1) is 9.47. The standard InChI is InChI=1S/C15H19NO4/c1-10-7-16(15(2,3)8-18-10)14(17)11-4-5-12-13(6-11)20-9-19-12/h4-6,10H,7-9H2,1-3H3. The fourth-order valence-electron chi connectivity index (χ4n) is 2.52. The van der Waals surface area contributed by atoms with Crippen LogP contribution < -0.4 is 9.47 Å². The highest BCUT2D eigenvalue weighted by Crippen LogP contribution is 2.33. The van der Waals surface area contributed by atoms with Gasteiger partial charge in [0, 0.05) is 12.1 Å². The van der Waals surface area contributed by atoms with Crippen molar-refractivity contribution >= 4 is 5.91 Å². The molecular formula is C15H19NO4. The molecule has 0 N–H and O–H groups in total. The number of hydrogen-bond donors (Lipinski definition) is 0. The molecule has 0 aliphatic carbocycles. The van der Waals surface area contributed by atoms with Gasteiger partial charge in [-0.3, -0.25) is 4.79 Å². The summed E-state index contributed by atoms with van der Waals surface area (Å²) in [5.41, 5.74) is 0.316. The summed E-state index contributed by atoms with van der Waals surface area (Å²) in [5, 5.41) is 0. The Balaban J connectivity index is 1.87. The molecule has 1 amide bonds. The first-order valence-corrected chi connectivity index (χ1v) is 6.80. The Morgan fingerprint density at radius 2 is 2.05 bits per heavy atom. The van der Waals surface area contributed by atoms with Crippen molar-refractivity contribution in [1.29, 1.82) is 0 Å². The van der Waals surface area contributed by atoms with Gasteiger partial charge in [-0.05, 0) is 39.0 Å². The number of rotatable bonds is 1. The fourth-order valence-corrected chi connectivity index (χ4v) is 2.52. The molecule has 2 heterocycles. The highest BCUT2D eigenvalue weighted by molar-refractivity contribution is 5.95. The lowest BCUT2D eigenvalue weighted by molar-refractivity contribution is -0.0755. The van der Waals surface area contributed by atoms with Gasteiger partial charge in [0.15, 0.2) is 11.5 Å². The van der Waals surface area contributed by atoms with Crippen molar-refractivity contribution < 1.29 is 19.0 Å². The van der Waals surface area contributed by atoms with E-state index in [-0.39, 0.29) is 24.3 Å². The zero-order valence-corrected chi connectivity index (χ0v) is 12.0. The summed E-state index contributed by atoms with van der Waals surface area (Å²) in [6, 6.07) is 5.32. The average molecular weight is 277 g/mol. The summed E-state index contributed by atoms with van der Waals surface area (Å²) in [6.07, 6.45) is 0.0565. The molecule has 1 aromatic carbocycles. The van der Waals surface area contributed by atoms with Crippen molar-refractivity contribution in [2.75, 3.05) is 19.9 Å². The first-order valence-electron chi connectivity index (χ1n) is 6.80. The van der Waals surface area contributed by atoms with Gasteiger partial charge in [-0.2, -0.15) is 0 Å². The summed E-state index contributed by atoms with van der Waals surface area (Å²) in [4.78, 5) is 14.6. The molecule has 2 aliphatic rings. The summed E-state index contributed by atoms with van der Waals surface area (Å²) < 4.78 is 16.2. The van der Waals surface area contributed by atoms with Gasteiger partial charge in [0.25, 0.3) is 5.91 Å². The van der Waals surface area contributed by atoms with Gasteiger partial charge < -0.3 is 19.1 Å². The number of ether oxygens (including phenoxy) is 3. The van der Waals surface area contributed by atoms with Gasteiger partial charge >= 0.3 is 0 Å². The minimum Gasteiger partial charge on any atom is -0.454 e. The minimum atomic E-state index is -0.306. The number of nitrogens with zero attached hydrogens (tertiary/aromatic N) is 1. The predicted molar refractivity (Wildman–Crippen MR) is 73.1 cm³/mol. The lowest BCUT2D eigenvalue weighted by Gasteiger charge is -2.44. The predicted octanol–water partition coefficient (Wildman–Crippen LogP) is 2.05. The third kappa shape index (κ3) is 2.22. The molecule has 0 radical (unpaired) electrons. The second-order valence-corrected chi connectivity index (χ2v) is 5.92. The lowest BCUT2D eigenvalue weighted by atomic mass is 9.99. The number of carbonyl (C=O) groups is 1. The van der Waals surface area contributed by atoms with Crippen molar-refractivity contribution in [3.05, 3.63) is 23.8 Å². The number of carbonyl (C=O) groups excluding carboxylic acids is 1. The molecule has 5 heteroatoms. The molecule has 0 saturated carbocycles. The van der Waals surface area contributed by atoms with E-state index in [0.717, 1.165) is 0 Å². The first kappa shape index (κ1) is 13.2. The van der Waals surface area contributed by atoms with Gasteiger partial charge in [-0.1, -0.05) is 0 Å². The van der Waals surface area contributed by atoms with Crippen LogP contribution in [0.3, 0.4) is 0 Å². The van der Waals surface area contributed by atoms with Crippen molar-refractivity contribution in [2.45, 2.75) is 32.4 Å². The summed E-state index contributed by atoms with van der Waals surface area (Å²) in [6.45, 7) is 7.38. The topological polar surface area (TPSA) is 48.0 Å². The quantitative estimate of drug-likeness (QED) is 0.788. The molecule has 0 spiro atoms. The van der Waals surface area contributed by atoms with Crippen molar-refractivity contribution in [2.24, 2.45) is 0 Å². The second kappa shape index (κ2) is 4.66. The summed E-state index contributed by atoms with van der Waals surface area (Å²) >= 11 is 0. The van der Waals surface area contributed by atoms with Crippen LogP contribution in [-0.2, 0) is 4.74 Å². The maximum atomic E-state index is 12.7. The number of benzene rings is 1. The van der Waals surface area contributed by atoms with Crippen LogP contribution >= 0.6 is 0 Å². The highest BCUT2D eigenvalue weighted by Gasteiger charge is 2.37. The van der Waals surface area contributed by atoms with Crippen LogP contribution in [0.5, 0.6) is 11.5 Å². The van der Waals surface area contributed by atoms with Crippen LogP contribution in [0.25, 0.3) is 0 Å². The van der Waals surface area contributed by atoms with Crippen LogP contribution in [0.2, 0.25) is 0 Å². The Hall–Kier alpha value is -1.75. The number of morpholine rings is 1. The third-order valence-corrected chi connectivity index (χ3v) is 3.76.